The number of carbonyl (C=O) groups excluding carboxylic acids is 1. The molecule has 1 aromatic carbocycles. The number of hydrogen-bond donors (Lipinski definition) is 0. The van der Waals surface area contributed by atoms with E-state index in [0.29, 0.717) is 0 Å². The number of rotatable bonds is 0. The molecule has 0 saturated heterocycles. The van der Waals surface area contributed by atoms with Crippen LogP contribution in [0.25, 0.3) is 12.2 Å². The Morgan fingerprint density at radius 3 is 2.86 bits per heavy atom. The van der Waals surface area contributed by atoms with E-state index in [1.54, 1.807) is 18.4 Å². The molecule has 0 spiro atoms. The lowest BCUT2D eigenvalue weighted by Crippen LogP contribution is -2.20. The molecule has 0 unspecified atom stereocenters. The van der Waals surface area contributed by atoms with E-state index in [2.05, 4.69) is 4.99 Å². The van der Waals surface area contributed by atoms with Crippen molar-refractivity contribution in [2.24, 2.45) is 4.99 Å². The highest BCUT2D eigenvalue weighted by Crippen LogP contribution is 2.15. The lowest BCUT2D eigenvalue weighted by molar-refractivity contribution is 0.104. The predicted octanol–water partition coefficient (Wildman–Crippen LogP) is 0.716. The molecule has 2 aliphatic rings. The summed E-state index contributed by atoms with van der Waals surface area (Å²) < 4.78 is 0. The summed E-state index contributed by atoms with van der Waals surface area (Å²) in [5.74, 6) is 0.0480. The predicted molar refractivity (Wildman–Crippen MR) is 56.2 cm³/mol. The molecule has 3 rings (SSSR count). The van der Waals surface area contributed by atoms with Crippen LogP contribution in [0.5, 0.6) is 0 Å². The molecule has 0 N–H and O–H groups in total. The van der Waals surface area contributed by atoms with E-state index in [1.807, 2.05) is 24.3 Å². The summed E-state index contributed by atoms with van der Waals surface area (Å²) in [4.78, 5) is 15.9. The molecular weight excluding hydrogens is 174 g/mol. The molecule has 1 aliphatic heterocycles. The maximum Gasteiger partial charge on any atom is 0.188 e. The van der Waals surface area contributed by atoms with Crippen LogP contribution in [0.4, 0.5) is 5.69 Å². The third kappa shape index (κ3) is 0.852. The fraction of sp³-hybridized carbons (Fsp3) is 0. The number of fused-ring (bicyclic) bond motifs is 3. The molecule has 14 heavy (non-hydrogen) atoms. The second kappa shape index (κ2) is 2.51. The van der Waals surface area contributed by atoms with Gasteiger partial charge in [0, 0.05) is 11.4 Å². The van der Waals surface area contributed by atoms with Crippen molar-refractivity contribution in [3.05, 3.63) is 40.3 Å². The highest BCUT2D eigenvalue weighted by Gasteiger charge is 2.14. The zero-order chi connectivity index (χ0) is 9.54. The summed E-state index contributed by atoms with van der Waals surface area (Å²) >= 11 is 0. The standard InChI is InChI=1S/C12H7NO/c14-10-3-1-2-8-4-5-9-6-7-13-12(9)11(8)10/h1-7H. The van der Waals surface area contributed by atoms with Gasteiger partial charge in [0.15, 0.2) is 5.78 Å². The van der Waals surface area contributed by atoms with Crippen LogP contribution in [0.2, 0.25) is 0 Å². The van der Waals surface area contributed by atoms with Crippen LogP contribution in [0, 0.1) is 0 Å². The van der Waals surface area contributed by atoms with Gasteiger partial charge in [0.25, 0.3) is 0 Å². The third-order valence-corrected chi connectivity index (χ3v) is 2.47. The molecule has 0 saturated carbocycles. The number of allylic oxidation sites excluding steroid dienone is 2. The Hall–Kier alpha value is -1.96. The number of hydrogen-bond acceptors (Lipinski definition) is 2. The average Bonchev–Trinajstić information content (AvgIpc) is 2.65. The van der Waals surface area contributed by atoms with E-state index in [4.69, 9.17) is 0 Å². The zero-order valence-corrected chi connectivity index (χ0v) is 7.40. The topological polar surface area (TPSA) is 29.4 Å². The molecule has 0 radical (unpaired) electrons. The van der Waals surface area contributed by atoms with Crippen LogP contribution in [0.15, 0.2) is 29.3 Å². The lowest BCUT2D eigenvalue weighted by Gasteiger charge is -2.04. The van der Waals surface area contributed by atoms with E-state index in [-0.39, 0.29) is 5.78 Å². The van der Waals surface area contributed by atoms with Crippen molar-refractivity contribution in [3.8, 4) is 0 Å². The Bertz CT molecular complexity index is 606. The smallest absolute Gasteiger partial charge is 0.188 e. The van der Waals surface area contributed by atoms with Crippen LogP contribution >= 0.6 is 0 Å². The number of benzene rings is 1. The van der Waals surface area contributed by atoms with Gasteiger partial charge in [-0.15, -0.1) is 0 Å². The third-order valence-electron chi connectivity index (χ3n) is 2.47. The first kappa shape index (κ1) is 7.44. The second-order valence-corrected chi connectivity index (χ2v) is 3.30. The molecule has 0 bridgehead atoms. The molecule has 0 atom stereocenters. The maximum absolute atomic E-state index is 11.7. The summed E-state index contributed by atoms with van der Waals surface area (Å²) in [5.41, 5.74) is 1.54. The minimum absolute atomic E-state index is 0.0480. The number of carbonyl (C=O) groups is 1. The molecular formula is C12H7NO. The molecule has 1 aromatic rings. The maximum atomic E-state index is 11.7. The summed E-state index contributed by atoms with van der Waals surface area (Å²) in [5, 5.41) is 1.99. The number of ketones is 1. The first-order valence-electron chi connectivity index (χ1n) is 4.46. The van der Waals surface area contributed by atoms with Gasteiger partial charge in [-0.2, -0.15) is 0 Å². The van der Waals surface area contributed by atoms with E-state index >= 15 is 0 Å². The van der Waals surface area contributed by atoms with E-state index in [1.165, 1.54) is 0 Å². The highest BCUT2D eigenvalue weighted by atomic mass is 16.1. The van der Waals surface area contributed by atoms with E-state index in [0.717, 1.165) is 21.7 Å². The van der Waals surface area contributed by atoms with Gasteiger partial charge in [0.05, 0.1) is 11.3 Å². The molecule has 0 aromatic heterocycles. The minimum atomic E-state index is 0.0480. The zero-order valence-electron chi connectivity index (χ0n) is 7.40. The Balaban J connectivity index is 2.52. The van der Waals surface area contributed by atoms with Gasteiger partial charge < -0.3 is 0 Å². The Morgan fingerprint density at radius 1 is 1.07 bits per heavy atom. The first-order chi connectivity index (χ1) is 6.86. The fourth-order valence-electron chi connectivity index (χ4n) is 1.81. The van der Waals surface area contributed by atoms with Crippen molar-refractivity contribution in [1.82, 2.24) is 0 Å². The number of nitrogens with zero attached hydrogens (tertiary/aromatic N) is 1. The SMILES string of the molecule is O=C1C=CC=c2ccc3c(c21)N=CC=3. The first-order valence-corrected chi connectivity index (χ1v) is 4.46. The van der Waals surface area contributed by atoms with Gasteiger partial charge in [0.1, 0.15) is 0 Å². The van der Waals surface area contributed by atoms with E-state index in [9.17, 15) is 4.79 Å². The molecule has 66 valence electrons. The van der Waals surface area contributed by atoms with Gasteiger partial charge in [0.2, 0.25) is 0 Å². The van der Waals surface area contributed by atoms with Crippen molar-refractivity contribution in [1.29, 1.82) is 0 Å². The van der Waals surface area contributed by atoms with Crippen LogP contribution in [0.3, 0.4) is 0 Å². The molecule has 1 aliphatic carbocycles. The summed E-state index contributed by atoms with van der Waals surface area (Å²) in [7, 11) is 0. The van der Waals surface area contributed by atoms with Crippen molar-refractivity contribution in [2.45, 2.75) is 0 Å². The van der Waals surface area contributed by atoms with Crippen molar-refractivity contribution in [3.63, 3.8) is 0 Å². The summed E-state index contributed by atoms with van der Waals surface area (Å²) in [6.45, 7) is 0. The lowest BCUT2D eigenvalue weighted by atomic mass is 10.0. The van der Waals surface area contributed by atoms with Crippen molar-refractivity contribution >= 4 is 29.8 Å². The van der Waals surface area contributed by atoms with Gasteiger partial charge in [-0.25, -0.2) is 0 Å². The fourth-order valence-corrected chi connectivity index (χ4v) is 1.81. The Morgan fingerprint density at radius 2 is 1.93 bits per heavy atom. The van der Waals surface area contributed by atoms with Crippen LogP contribution in [-0.4, -0.2) is 12.0 Å². The Kier molecular flexibility index (Phi) is 1.34. The molecule has 2 heteroatoms. The number of aliphatic imine (C=N–C) groups is 1. The quantitative estimate of drug-likeness (QED) is 0.579. The minimum Gasteiger partial charge on any atom is -0.289 e. The summed E-state index contributed by atoms with van der Waals surface area (Å²) in [6, 6.07) is 3.95. The van der Waals surface area contributed by atoms with Crippen LogP contribution in [0.1, 0.15) is 10.4 Å². The largest absolute Gasteiger partial charge is 0.289 e. The van der Waals surface area contributed by atoms with Crippen LogP contribution in [-0.2, 0) is 0 Å². The van der Waals surface area contributed by atoms with Gasteiger partial charge in [-0.1, -0.05) is 24.3 Å². The average molecular weight is 181 g/mol. The van der Waals surface area contributed by atoms with Crippen molar-refractivity contribution < 1.29 is 4.79 Å². The normalized spacial score (nSPS) is 15.9. The highest BCUT2D eigenvalue weighted by molar-refractivity contribution is 6.12. The summed E-state index contributed by atoms with van der Waals surface area (Å²) in [6.07, 6.45) is 8.94. The second-order valence-electron chi connectivity index (χ2n) is 3.30. The Labute approximate surface area is 80.6 Å². The van der Waals surface area contributed by atoms with Crippen molar-refractivity contribution in [2.75, 3.05) is 0 Å². The van der Waals surface area contributed by atoms with Gasteiger partial charge in [-0.05, 0) is 17.4 Å². The molecule has 0 fully saturated rings. The van der Waals surface area contributed by atoms with Gasteiger partial charge in [-0.3, -0.25) is 9.79 Å². The molecule has 1 heterocycles. The van der Waals surface area contributed by atoms with E-state index < -0.39 is 0 Å². The molecule has 0 amide bonds. The molecule has 2 nitrogen and oxygen atoms in total. The van der Waals surface area contributed by atoms with Crippen LogP contribution < -0.4 is 10.4 Å². The monoisotopic (exact) mass is 181 g/mol. The van der Waals surface area contributed by atoms with Gasteiger partial charge >= 0.3 is 0 Å².